The van der Waals surface area contributed by atoms with Crippen LogP contribution in [0.15, 0.2) is 4.52 Å². The van der Waals surface area contributed by atoms with Gasteiger partial charge in [0.15, 0.2) is 21.0 Å². The van der Waals surface area contributed by atoms with Gasteiger partial charge in [-0.3, -0.25) is 5.41 Å². The molecule has 29 heavy (non-hydrogen) atoms. The van der Waals surface area contributed by atoms with Crippen molar-refractivity contribution in [1.82, 2.24) is 19.9 Å². The highest BCUT2D eigenvalue weighted by molar-refractivity contribution is 7.90. The fourth-order valence-electron chi connectivity index (χ4n) is 3.16. The van der Waals surface area contributed by atoms with Gasteiger partial charge < -0.3 is 14.2 Å². The predicted molar refractivity (Wildman–Crippen MR) is 109 cm³/mol. The topological polar surface area (TPSA) is 127 Å². The van der Waals surface area contributed by atoms with Crippen LogP contribution in [0.4, 0.5) is 6.01 Å². The Morgan fingerprint density at radius 2 is 1.90 bits per heavy atom. The fourth-order valence-corrected chi connectivity index (χ4v) is 4.53. The summed E-state index contributed by atoms with van der Waals surface area (Å²) < 4.78 is 36.0. The number of aromatic nitrogens is 4. The van der Waals surface area contributed by atoms with Crippen molar-refractivity contribution in [1.29, 1.82) is 5.41 Å². The molecule has 0 spiro atoms. The Kier molecular flexibility index (Phi) is 6.32. The second kappa shape index (κ2) is 8.42. The summed E-state index contributed by atoms with van der Waals surface area (Å²) in [6, 6.07) is 0.565. The molecule has 1 fully saturated rings. The molecule has 12 heteroatoms. The number of piperidine rings is 1. The van der Waals surface area contributed by atoms with Gasteiger partial charge in [0.1, 0.15) is 6.10 Å². The van der Waals surface area contributed by atoms with Gasteiger partial charge in [0.05, 0.1) is 0 Å². The average Bonchev–Trinajstić information content (AvgIpc) is 3.27. The molecule has 1 unspecified atom stereocenters. The van der Waals surface area contributed by atoms with E-state index < -0.39 is 15.2 Å². The molecule has 0 bridgehead atoms. The zero-order valence-electron chi connectivity index (χ0n) is 17.3. The van der Waals surface area contributed by atoms with E-state index in [0.717, 1.165) is 43.5 Å². The molecule has 1 aliphatic rings. The van der Waals surface area contributed by atoms with Gasteiger partial charge in [-0.05, 0) is 43.9 Å². The molecule has 3 heterocycles. The van der Waals surface area contributed by atoms with Crippen LogP contribution < -0.4 is 14.4 Å². The highest BCUT2D eigenvalue weighted by Gasteiger charge is 2.29. The summed E-state index contributed by atoms with van der Waals surface area (Å²) >= 11 is 1.04. The lowest BCUT2D eigenvalue weighted by atomic mass is 9.92. The Bertz CT molecular complexity index is 988. The molecule has 0 radical (unpaired) electrons. The highest BCUT2D eigenvalue weighted by atomic mass is 32.2. The first-order valence-corrected chi connectivity index (χ1v) is 12.4. The first kappa shape index (κ1) is 21.8. The number of hydrogen-bond donors (Lipinski definition) is 1. The maximum Gasteiger partial charge on any atom is 0.324 e. The van der Waals surface area contributed by atoms with Crippen molar-refractivity contribution in [2.45, 2.75) is 57.9 Å². The van der Waals surface area contributed by atoms with Gasteiger partial charge in [0.25, 0.3) is 5.19 Å². The largest absolute Gasteiger partial charge is 0.466 e. The van der Waals surface area contributed by atoms with Crippen molar-refractivity contribution in [3.63, 3.8) is 0 Å². The fraction of sp³-hybridized carbons (Fsp3) is 0.765. The molecular weight excluding hydrogens is 416 g/mol. The van der Waals surface area contributed by atoms with Gasteiger partial charge >= 0.3 is 6.01 Å². The molecule has 2 atom stereocenters. The van der Waals surface area contributed by atoms with E-state index in [1.165, 1.54) is 11.6 Å². The Labute approximate surface area is 174 Å². The maximum atomic E-state index is 11.7. The monoisotopic (exact) mass is 444 g/mol. The molecule has 0 aliphatic carbocycles. The van der Waals surface area contributed by atoms with E-state index in [9.17, 15) is 8.42 Å². The van der Waals surface area contributed by atoms with Crippen LogP contribution in [-0.4, -0.2) is 53.8 Å². The van der Waals surface area contributed by atoms with Gasteiger partial charge in [-0.2, -0.15) is 4.98 Å². The molecule has 1 aliphatic heterocycles. The smallest absolute Gasteiger partial charge is 0.324 e. The summed E-state index contributed by atoms with van der Waals surface area (Å²) in [4.78, 5) is 6.60. The Morgan fingerprint density at radius 3 is 2.45 bits per heavy atom. The molecule has 0 saturated carbocycles. The van der Waals surface area contributed by atoms with Crippen molar-refractivity contribution in [3.8, 4) is 5.19 Å². The zero-order valence-corrected chi connectivity index (χ0v) is 19.0. The molecule has 2 aromatic rings. The molecule has 10 nitrogen and oxygen atoms in total. The molecule has 1 N–H and O–H groups in total. The molecule has 3 rings (SSSR count). The van der Waals surface area contributed by atoms with Crippen molar-refractivity contribution in [2.75, 3.05) is 24.2 Å². The summed E-state index contributed by atoms with van der Waals surface area (Å²) in [6.45, 7) is 9.15. The second-order valence-electron chi connectivity index (χ2n) is 7.78. The van der Waals surface area contributed by atoms with Crippen LogP contribution in [0, 0.1) is 11.3 Å². The molecule has 1 saturated heterocycles. The van der Waals surface area contributed by atoms with Gasteiger partial charge in [-0.15, -0.1) is 5.10 Å². The number of rotatable bonds is 7. The van der Waals surface area contributed by atoms with E-state index in [2.05, 4.69) is 20.1 Å². The predicted octanol–water partition coefficient (Wildman–Crippen LogP) is 2.18. The molecule has 0 amide bonds. The minimum atomic E-state index is -3.34. The van der Waals surface area contributed by atoms with E-state index >= 15 is 0 Å². The lowest BCUT2D eigenvalue weighted by molar-refractivity contribution is 0.129. The lowest BCUT2D eigenvalue weighted by Gasteiger charge is -2.33. The minimum Gasteiger partial charge on any atom is -0.466 e. The third-order valence-corrected chi connectivity index (χ3v) is 7.43. The number of hydrogen-bond acceptors (Lipinski definition) is 10. The van der Waals surface area contributed by atoms with Crippen molar-refractivity contribution >= 4 is 27.2 Å². The normalized spacial score (nSPS) is 18.2. The first-order valence-electron chi connectivity index (χ1n) is 9.64. The van der Waals surface area contributed by atoms with Crippen molar-refractivity contribution in [2.24, 2.45) is 5.92 Å². The average molecular weight is 445 g/mol. The van der Waals surface area contributed by atoms with Crippen molar-refractivity contribution < 1.29 is 17.7 Å². The SMILES string of the molecule is CC(C)c1noc(N2CCC([C@@H](C)Oc3nn(C(C)S(C)(=O)=O)c(=N)s3)CC2)n1. The first-order chi connectivity index (χ1) is 13.6. The van der Waals surface area contributed by atoms with Crippen LogP contribution in [0.2, 0.25) is 0 Å². The van der Waals surface area contributed by atoms with Crippen LogP contribution in [-0.2, 0) is 9.84 Å². The van der Waals surface area contributed by atoms with Crippen LogP contribution in [0.3, 0.4) is 0 Å². The summed E-state index contributed by atoms with van der Waals surface area (Å²) in [5.41, 5.74) is 0. The Balaban J connectivity index is 1.59. The Morgan fingerprint density at radius 1 is 1.24 bits per heavy atom. The van der Waals surface area contributed by atoms with Crippen LogP contribution in [0.5, 0.6) is 5.19 Å². The van der Waals surface area contributed by atoms with E-state index in [1.54, 1.807) is 0 Å². The third kappa shape index (κ3) is 4.97. The van der Waals surface area contributed by atoms with E-state index in [1.807, 2.05) is 20.8 Å². The van der Waals surface area contributed by atoms with Gasteiger partial charge in [-0.25, -0.2) is 13.1 Å². The molecule has 0 aromatic carbocycles. The van der Waals surface area contributed by atoms with Crippen molar-refractivity contribution in [3.05, 3.63) is 10.6 Å². The number of anilines is 1. The summed E-state index contributed by atoms with van der Waals surface area (Å²) in [7, 11) is -3.34. The maximum absolute atomic E-state index is 11.7. The summed E-state index contributed by atoms with van der Waals surface area (Å²) in [5, 5.41) is 15.6. The second-order valence-corrected chi connectivity index (χ2v) is 11.1. The standard InChI is InChI=1S/C17H28N6O4S2/c1-10(2)14-19-16(27-21-14)22-8-6-13(7-9-22)11(3)26-17-20-23(15(18)28-17)12(4)29(5,24)25/h10-13,18H,6-9H2,1-5H3/t11-,12?/m1/s1. The van der Waals surface area contributed by atoms with Crippen LogP contribution >= 0.6 is 11.3 Å². The minimum absolute atomic E-state index is 0.0531. The molecular formula is C17H28N6O4S2. The highest BCUT2D eigenvalue weighted by Crippen LogP contribution is 2.28. The van der Waals surface area contributed by atoms with Gasteiger partial charge in [0, 0.05) is 25.3 Å². The zero-order chi connectivity index (χ0) is 21.3. The number of ether oxygens (including phenoxy) is 1. The molecule has 162 valence electrons. The Hall–Kier alpha value is -1.95. The number of nitrogens with zero attached hydrogens (tertiary/aromatic N) is 5. The van der Waals surface area contributed by atoms with Crippen LogP contribution in [0.1, 0.15) is 57.7 Å². The van der Waals surface area contributed by atoms with E-state index in [0.29, 0.717) is 23.0 Å². The molecule has 2 aromatic heterocycles. The number of nitrogens with one attached hydrogen (secondary N) is 1. The number of sulfone groups is 1. The van der Waals surface area contributed by atoms with E-state index in [-0.39, 0.29) is 16.8 Å². The lowest BCUT2D eigenvalue weighted by Crippen LogP contribution is -2.38. The summed E-state index contributed by atoms with van der Waals surface area (Å²) in [6.07, 6.45) is 2.84. The van der Waals surface area contributed by atoms with Gasteiger partial charge in [-0.1, -0.05) is 19.0 Å². The quantitative estimate of drug-likeness (QED) is 0.688. The van der Waals surface area contributed by atoms with Crippen LogP contribution in [0.25, 0.3) is 0 Å². The van der Waals surface area contributed by atoms with E-state index in [4.69, 9.17) is 14.7 Å². The van der Waals surface area contributed by atoms with Gasteiger partial charge in [0.2, 0.25) is 4.80 Å². The third-order valence-electron chi connectivity index (χ3n) is 5.25. The summed E-state index contributed by atoms with van der Waals surface area (Å²) in [5.74, 6) is 1.26.